The zero-order valence-electron chi connectivity index (χ0n) is 7.08. The maximum absolute atomic E-state index is 4.27. The number of aromatic nitrogens is 2. The number of aryl methyl sites for hydroxylation is 1. The number of rotatable bonds is 2. The lowest BCUT2D eigenvalue weighted by Crippen LogP contribution is -2.04. The summed E-state index contributed by atoms with van der Waals surface area (Å²) in [6.45, 7) is 4.31. The van der Waals surface area contributed by atoms with Gasteiger partial charge in [0.25, 0.3) is 0 Å². The molecule has 0 aliphatic heterocycles. The van der Waals surface area contributed by atoms with Gasteiger partial charge in [0.05, 0.1) is 12.0 Å². The molecule has 3 heteroatoms. The average Bonchev–Trinajstić information content (AvgIpc) is 2.34. The van der Waals surface area contributed by atoms with Crippen molar-refractivity contribution in [3.05, 3.63) is 18.2 Å². The summed E-state index contributed by atoms with van der Waals surface area (Å²) in [4.78, 5) is 4.75. The summed E-state index contributed by atoms with van der Waals surface area (Å²) in [6.07, 6.45) is 3.89. The maximum Gasteiger partial charge on any atom is 0.0946 e. The van der Waals surface area contributed by atoms with Crippen LogP contribution in [0.1, 0.15) is 25.5 Å². The van der Waals surface area contributed by atoms with Gasteiger partial charge in [-0.15, -0.1) is 0 Å². The van der Waals surface area contributed by atoms with Gasteiger partial charge in [-0.05, 0) is 0 Å². The summed E-state index contributed by atoms with van der Waals surface area (Å²) in [5, 5.41) is 0. The second-order valence-electron chi connectivity index (χ2n) is 2.93. The predicted molar refractivity (Wildman–Crippen MR) is 50.0 cm³/mol. The summed E-state index contributed by atoms with van der Waals surface area (Å²) in [6, 6.07) is 0. The van der Waals surface area contributed by atoms with Gasteiger partial charge in [-0.25, -0.2) is 4.98 Å². The molecule has 0 aliphatic rings. The molecule has 0 fully saturated rings. The molecule has 0 aliphatic carbocycles. The molecule has 0 saturated carbocycles. The predicted octanol–water partition coefficient (Wildman–Crippen LogP) is 2.31. The van der Waals surface area contributed by atoms with Crippen molar-refractivity contribution < 1.29 is 0 Å². The van der Waals surface area contributed by atoms with E-state index >= 15 is 0 Å². The molecule has 0 radical (unpaired) electrons. The summed E-state index contributed by atoms with van der Waals surface area (Å²) in [5.74, 6) is 0.483. The SMILES string of the molecule is CC(Br)C(C)c1cn(C)cn1. The first-order valence-corrected chi connectivity index (χ1v) is 4.64. The number of alkyl halides is 1. The smallest absolute Gasteiger partial charge is 0.0946 e. The molecule has 1 aromatic rings. The Kier molecular flexibility index (Phi) is 2.71. The highest BCUT2D eigenvalue weighted by Crippen LogP contribution is 2.21. The zero-order valence-corrected chi connectivity index (χ0v) is 8.67. The van der Waals surface area contributed by atoms with Gasteiger partial charge in [0, 0.05) is 24.0 Å². The second-order valence-corrected chi connectivity index (χ2v) is 4.37. The van der Waals surface area contributed by atoms with Crippen molar-refractivity contribution in [2.75, 3.05) is 0 Å². The molecule has 0 spiro atoms. The van der Waals surface area contributed by atoms with Crippen LogP contribution in [0.15, 0.2) is 12.5 Å². The van der Waals surface area contributed by atoms with Crippen molar-refractivity contribution in [3.8, 4) is 0 Å². The van der Waals surface area contributed by atoms with Gasteiger partial charge in [-0.1, -0.05) is 29.8 Å². The van der Waals surface area contributed by atoms with E-state index in [-0.39, 0.29) is 0 Å². The van der Waals surface area contributed by atoms with Crippen LogP contribution < -0.4 is 0 Å². The average molecular weight is 217 g/mol. The van der Waals surface area contributed by atoms with Crippen LogP contribution in [-0.4, -0.2) is 14.4 Å². The minimum absolute atomic E-state index is 0.483. The van der Waals surface area contributed by atoms with E-state index in [0.717, 1.165) is 5.69 Å². The molecule has 2 nitrogen and oxygen atoms in total. The van der Waals surface area contributed by atoms with Crippen LogP contribution >= 0.6 is 15.9 Å². The fourth-order valence-electron chi connectivity index (χ4n) is 0.903. The standard InChI is InChI=1S/C8H13BrN2/c1-6(7(2)9)8-4-11(3)5-10-8/h4-7H,1-3H3. The van der Waals surface area contributed by atoms with Crippen LogP contribution in [0.2, 0.25) is 0 Å². The highest BCUT2D eigenvalue weighted by molar-refractivity contribution is 9.09. The monoisotopic (exact) mass is 216 g/mol. The van der Waals surface area contributed by atoms with Gasteiger partial charge in [0.15, 0.2) is 0 Å². The van der Waals surface area contributed by atoms with Crippen molar-refractivity contribution in [3.63, 3.8) is 0 Å². The summed E-state index contributed by atoms with van der Waals surface area (Å²) in [5.41, 5.74) is 1.15. The van der Waals surface area contributed by atoms with E-state index < -0.39 is 0 Å². The lowest BCUT2D eigenvalue weighted by molar-refractivity contribution is 0.737. The highest BCUT2D eigenvalue weighted by atomic mass is 79.9. The lowest BCUT2D eigenvalue weighted by atomic mass is 10.1. The van der Waals surface area contributed by atoms with Crippen molar-refractivity contribution >= 4 is 15.9 Å². The Morgan fingerprint density at radius 2 is 2.18 bits per heavy atom. The van der Waals surface area contributed by atoms with Crippen LogP contribution in [0.5, 0.6) is 0 Å². The van der Waals surface area contributed by atoms with E-state index in [0.29, 0.717) is 10.7 Å². The van der Waals surface area contributed by atoms with E-state index in [4.69, 9.17) is 0 Å². The number of halogens is 1. The first kappa shape index (κ1) is 8.78. The molecule has 0 aromatic carbocycles. The van der Waals surface area contributed by atoms with Crippen molar-refractivity contribution in [2.24, 2.45) is 7.05 Å². The van der Waals surface area contributed by atoms with Crippen LogP contribution in [0.25, 0.3) is 0 Å². The Balaban J connectivity index is 2.76. The Labute approximate surface area is 75.8 Å². The van der Waals surface area contributed by atoms with Gasteiger partial charge in [0.2, 0.25) is 0 Å². The molecular weight excluding hydrogens is 204 g/mol. The first-order valence-electron chi connectivity index (χ1n) is 3.73. The highest BCUT2D eigenvalue weighted by Gasteiger charge is 2.12. The largest absolute Gasteiger partial charge is 0.340 e. The molecule has 0 saturated heterocycles. The number of nitrogens with zero attached hydrogens (tertiary/aromatic N) is 2. The van der Waals surface area contributed by atoms with E-state index in [1.165, 1.54) is 0 Å². The van der Waals surface area contributed by atoms with Gasteiger partial charge < -0.3 is 4.57 Å². The number of hydrogen-bond acceptors (Lipinski definition) is 1. The molecule has 0 amide bonds. The van der Waals surface area contributed by atoms with E-state index in [2.05, 4.69) is 41.0 Å². The molecule has 0 bridgehead atoms. The van der Waals surface area contributed by atoms with Gasteiger partial charge >= 0.3 is 0 Å². The Hall–Kier alpha value is -0.310. The topological polar surface area (TPSA) is 17.8 Å². The van der Waals surface area contributed by atoms with Gasteiger partial charge in [-0.3, -0.25) is 0 Å². The molecule has 2 unspecified atom stereocenters. The number of hydrogen-bond donors (Lipinski definition) is 0. The maximum atomic E-state index is 4.27. The third-order valence-electron chi connectivity index (χ3n) is 1.88. The van der Waals surface area contributed by atoms with Crippen molar-refractivity contribution in [1.82, 2.24) is 9.55 Å². The summed E-state index contributed by atoms with van der Waals surface area (Å²) in [7, 11) is 1.99. The van der Waals surface area contributed by atoms with Crippen molar-refractivity contribution in [2.45, 2.75) is 24.6 Å². The second kappa shape index (κ2) is 3.39. The van der Waals surface area contributed by atoms with Crippen LogP contribution in [0.4, 0.5) is 0 Å². The fraction of sp³-hybridized carbons (Fsp3) is 0.625. The molecule has 0 N–H and O–H groups in total. The zero-order chi connectivity index (χ0) is 8.43. The third-order valence-corrected chi connectivity index (χ3v) is 2.67. The Morgan fingerprint density at radius 3 is 2.55 bits per heavy atom. The van der Waals surface area contributed by atoms with Gasteiger partial charge in [0.1, 0.15) is 0 Å². The summed E-state index contributed by atoms with van der Waals surface area (Å²) >= 11 is 3.54. The normalized spacial score (nSPS) is 16.4. The molecule has 1 rings (SSSR count). The summed E-state index contributed by atoms with van der Waals surface area (Å²) < 4.78 is 1.97. The Bertz CT molecular complexity index is 230. The van der Waals surface area contributed by atoms with Crippen LogP contribution in [0.3, 0.4) is 0 Å². The lowest BCUT2D eigenvalue weighted by Gasteiger charge is -2.09. The molecule has 1 heterocycles. The fourth-order valence-corrected chi connectivity index (χ4v) is 1.17. The minimum atomic E-state index is 0.483. The van der Waals surface area contributed by atoms with Crippen LogP contribution in [0, 0.1) is 0 Å². The minimum Gasteiger partial charge on any atom is -0.340 e. The molecule has 2 atom stereocenters. The first-order chi connectivity index (χ1) is 5.11. The third kappa shape index (κ3) is 2.06. The quantitative estimate of drug-likeness (QED) is 0.695. The Morgan fingerprint density at radius 1 is 1.55 bits per heavy atom. The van der Waals surface area contributed by atoms with E-state index in [9.17, 15) is 0 Å². The van der Waals surface area contributed by atoms with Gasteiger partial charge in [-0.2, -0.15) is 0 Å². The van der Waals surface area contributed by atoms with E-state index in [1.54, 1.807) is 0 Å². The molecular formula is C8H13BrN2. The molecule has 11 heavy (non-hydrogen) atoms. The van der Waals surface area contributed by atoms with E-state index in [1.807, 2.05) is 17.9 Å². The van der Waals surface area contributed by atoms with Crippen LogP contribution in [-0.2, 0) is 7.05 Å². The molecule has 1 aromatic heterocycles. The number of imidazole rings is 1. The van der Waals surface area contributed by atoms with Crippen molar-refractivity contribution in [1.29, 1.82) is 0 Å². The molecule has 62 valence electrons.